The Morgan fingerprint density at radius 3 is 2.61 bits per heavy atom. The molecule has 0 saturated heterocycles. The van der Waals surface area contributed by atoms with Gasteiger partial charge in [-0.1, -0.05) is 37.6 Å². The molecule has 1 aromatic carbocycles. The van der Waals surface area contributed by atoms with Gasteiger partial charge in [-0.25, -0.2) is 5.84 Å². The van der Waals surface area contributed by atoms with Crippen LogP contribution in [0.4, 0.5) is 0 Å². The predicted octanol–water partition coefficient (Wildman–Crippen LogP) is 1.63. The van der Waals surface area contributed by atoms with Crippen LogP contribution in [0.1, 0.15) is 30.9 Å². The van der Waals surface area contributed by atoms with E-state index in [4.69, 9.17) is 21.1 Å². The first-order valence-electron chi connectivity index (χ1n) is 7.97. The van der Waals surface area contributed by atoms with Crippen LogP contribution in [0.3, 0.4) is 0 Å². The van der Waals surface area contributed by atoms with E-state index in [9.17, 15) is 0 Å². The Hall–Kier alpha value is -1.60. The van der Waals surface area contributed by atoms with Crippen molar-refractivity contribution in [2.45, 2.75) is 32.6 Å². The van der Waals surface area contributed by atoms with Gasteiger partial charge in [0.2, 0.25) is 0 Å². The summed E-state index contributed by atoms with van der Waals surface area (Å²) in [6.07, 6.45) is 3.44. The van der Waals surface area contributed by atoms with E-state index in [2.05, 4.69) is 12.2 Å². The molecule has 0 bridgehead atoms. The number of ether oxygens (including phenoxy) is 2. The summed E-state index contributed by atoms with van der Waals surface area (Å²) in [7, 11) is 3.57. The Morgan fingerprint density at radius 2 is 2.04 bits per heavy atom. The van der Waals surface area contributed by atoms with Crippen molar-refractivity contribution in [1.82, 2.24) is 10.3 Å². The Balaban J connectivity index is 2.46. The van der Waals surface area contributed by atoms with E-state index in [-0.39, 0.29) is 6.29 Å². The lowest BCUT2D eigenvalue weighted by molar-refractivity contribution is -0.129. The second-order valence-corrected chi connectivity index (χ2v) is 5.37. The summed E-state index contributed by atoms with van der Waals surface area (Å²) in [6, 6.07) is 8.07. The van der Waals surface area contributed by atoms with Crippen LogP contribution in [0.15, 0.2) is 30.5 Å². The third-order valence-corrected chi connectivity index (χ3v) is 3.41. The van der Waals surface area contributed by atoms with E-state index in [0.29, 0.717) is 18.8 Å². The molecule has 0 aromatic heterocycles. The zero-order valence-corrected chi connectivity index (χ0v) is 14.4. The van der Waals surface area contributed by atoms with Gasteiger partial charge in [0.1, 0.15) is 0 Å². The standard InChI is InChI=1S/C17H30N4O2/c1-4-5-17(22-3)23-11-10-21(19)13-16(18)15-8-6-14(7-9-15)12-20-2/h6-9,13,17,20H,4-5,10-12,18-19H2,1-3H3/b16-13-. The van der Waals surface area contributed by atoms with Crippen molar-refractivity contribution in [3.63, 3.8) is 0 Å². The highest BCUT2D eigenvalue weighted by atomic mass is 16.7. The first kappa shape index (κ1) is 19.4. The Morgan fingerprint density at radius 1 is 1.35 bits per heavy atom. The molecule has 0 saturated carbocycles. The molecule has 0 fully saturated rings. The zero-order chi connectivity index (χ0) is 17.1. The maximum atomic E-state index is 6.08. The minimum atomic E-state index is -0.172. The lowest BCUT2D eigenvalue weighted by Crippen LogP contribution is -2.31. The van der Waals surface area contributed by atoms with Gasteiger partial charge in [-0.15, -0.1) is 0 Å². The number of hydrogen-bond donors (Lipinski definition) is 3. The van der Waals surface area contributed by atoms with E-state index in [0.717, 1.165) is 24.9 Å². The van der Waals surface area contributed by atoms with E-state index in [1.165, 1.54) is 10.6 Å². The fraction of sp³-hybridized carbons (Fsp3) is 0.529. The Labute approximate surface area is 139 Å². The molecule has 1 aromatic rings. The lowest BCUT2D eigenvalue weighted by Gasteiger charge is -2.19. The summed E-state index contributed by atoms with van der Waals surface area (Å²) in [5, 5.41) is 4.65. The number of rotatable bonds is 11. The zero-order valence-electron chi connectivity index (χ0n) is 14.4. The summed E-state index contributed by atoms with van der Waals surface area (Å²) >= 11 is 0. The van der Waals surface area contributed by atoms with Gasteiger partial charge in [-0.05, 0) is 24.6 Å². The van der Waals surface area contributed by atoms with Crippen LogP contribution in [0, 0.1) is 0 Å². The van der Waals surface area contributed by atoms with Gasteiger partial charge < -0.3 is 25.5 Å². The molecule has 6 heteroatoms. The lowest BCUT2D eigenvalue weighted by atomic mass is 10.1. The monoisotopic (exact) mass is 322 g/mol. The van der Waals surface area contributed by atoms with Crippen molar-refractivity contribution in [2.75, 3.05) is 27.3 Å². The smallest absolute Gasteiger partial charge is 0.157 e. The molecule has 0 aliphatic heterocycles. The molecule has 5 N–H and O–H groups in total. The largest absolute Gasteiger partial charge is 0.397 e. The summed E-state index contributed by atoms with van der Waals surface area (Å²) in [5.74, 6) is 5.94. The second-order valence-electron chi connectivity index (χ2n) is 5.37. The Bertz CT molecular complexity index is 462. The van der Waals surface area contributed by atoms with Crippen LogP contribution in [0.5, 0.6) is 0 Å². The number of methoxy groups -OCH3 is 1. The average molecular weight is 322 g/mol. The number of nitrogens with two attached hydrogens (primary N) is 2. The topological polar surface area (TPSA) is 85.8 Å². The molecule has 0 aliphatic carbocycles. The van der Waals surface area contributed by atoms with Crippen LogP contribution in [0.25, 0.3) is 5.70 Å². The molecule has 130 valence electrons. The van der Waals surface area contributed by atoms with E-state index in [1.54, 1.807) is 13.3 Å². The van der Waals surface area contributed by atoms with Gasteiger partial charge in [0.05, 0.1) is 18.8 Å². The van der Waals surface area contributed by atoms with Crippen LogP contribution in [-0.2, 0) is 16.0 Å². The van der Waals surface area contributed by atoms with E-state index < -0.39 is 0 Å². The highest BCUT2D eigenvalue weighted by molar-refractivity contribution is 5.62. The van der Waals surface area contributed by atoms with Crippen LogP contribution >= 0.6 is 0 Å². The first-order valence-corrected chi connectivity index (χ1v) is 7.97. The quantitative estimate of drug-likeness (QED) is 0.326. The van der Waals surface area contributed by atoms with Crippen molar-refractivity contribution < 1.29 is 9.47 Å². The molecular weight excluding hydrogens is 292 g/mol. The molecule has 0 radical (unpaired) electrons. The molecule has 23 heavy (non-hydrogen) atoms. The molecule has 0 spiro atoms. The molecule has 6 nitrogen and oxygen atoms in total. The number of nitrogens with zero attached hydrogens (tertiary/aromatic N) is 1. The fourth-order valence-electron chi connectivity index (χ4n) is 2.13. The molecule has 1 rings (SSSR count). The number of nitrogens with one attached hydrogen (secondary N) is 1. The highest BCUT2D eigenvalue weighted by Gasteiger charge is 2.06. The van der Waals surface area contributed by atoms with Gasteiger partial charge in [-0.2, -0.15) is 0 Å². The maximum absolute atomic E-state index is 6.08. The van der Waals surface area contributed by atoms with Gasteiger partial charge in [0, 0.05) is 19.9 Å². The highest BCUT2D eigenvalue weighted by Crippen LogP contribution is 2.11. The van der Waals surface area contributed by atoms with Crippen LogP contribution in [0.2, 0.25) is 0 Å². The van der Waals surface area contributed by atoms with Gasteiger partial charge in [-0.3, -0.25) is 0 Å². The summed E-state index contributed by atoms with van der Waals surface area (Å²) in [4.78, 5) is 0. The molecule has 1 atom stereocenters. The third kappa shape index (κ3) is 7.47. The average Bonchev–Trinajstić information content (AvgIpc) is 2.55. The van der Waals surface area contributed by atoms with Gasteiger partial charge in [0.25, 0.3) is 0 Å². The predicted molar refractivity (Wildman–Crippen MR) is 93.9 cm³/mol. The third-order valence-electron chi connectivity index (χ3n) is 3.41. The van der Waals surface area contributed by atoms with Gasteiger partial charge in [0.15, 0.2) is 6.29 Å². The molecule has 0 aliphatic rings. The molecule has 0 amide bonds. The minimum Gasteiger partial charge on any atom is -0.397 e. The van der Waals surface area contributed by atoms with Crippen molar-refractivity contribution in [3.8, 4) is 0 Å². The second kappa shape index (κ2) is 11.0. The van der Waals surface area contributed by atoms with Crippen molar-refractivity contribution in [3.05, 3.63) is 41.6 Å². The molecular formula is C17H30N4O2. The number of hydrazine groups is 1. The SMILES string of the molecule is CCCC(OC)OCCN(N)/C=C(\N)c1ccc(CNC)cc1. The minimum absolute atomic E-state index is 0.172. The normalized spacial score (nSPS) is 13.1. The molecule has 0 heterocycles. The summed E-state index contributed by atoms with van der Waals surface area (Å²) in [5.41, 5.74) is 8.87. The number of benzene rings is 1. The summed E-state index contributed by atoms with van der Waals surface area (Å²) < 4.78 is 10.8. The van der Waals surface area contributed by atoms with E-state index >= 15 is 0 Å². The van der Waals surface area contributed by atoms with Crippen LogP contribution in [-0.4, -0.2) is 38.6 Å². The first-order chi connectivity index (χ1) is 11.1. The maximum Gasteiger partial charge on any atom is 0.157 e. The van der Waals surface area contributed by atoms with Crippen molar-refractivity contribution in [1.29, 1.82) is 0 Å². The van der Waals surface area contributed by atoms with E-state index in [1.807, 2.05) is 31.3 Å². The Kier molecular flexibility index (Phi) is 9.31. The number of hydrogen-bond acceptors (Lipinski definition) is 6. The van der Waals surface area contributed by atoms with Crippen molar-refractivity contribution >= 4 is 5.70 Å². The van der Waals surface area contributed by atoms with Crippen LogP contribution < -0.4 is 16.9 Å². The molecule has 1 unspecified atom stereocenters. The summed E-state index contributed by atoms with van der Waals surface area (Å²) in [6.45, 7) is 3.96. The van der Waals surface area contributed by atoms with Gasteiger partial charge >= 0.3 is 0 Å². The fourth-order valence-corrected chi connectivity index (χ4v) is 2.13. The van der Waals surface area contributed by atoms with Crippen molar-refractivity contribution in [2.24, 2.45) is 11.6 Å².